The van der Waals surface area contributed by atoms with E-state index in [4.69, 9.17) is 22.1 Å². The van der Waals surface area contributed by atoms with E-state index in [0.717, 1.165) is 29.2 Å². The first kappa shape index (κ1) is 14.8. The molecule has 0 aliphatic carbocycles. The molecule has 110 valence electrons. The summed E-state index contributed by atoms with van der Waals surface area (Å²) in [5.74, 6) is 0.857. The molecule has 0 bridgehead atoms. The quantitative estimate of drug-likeness (QED) is 0.927. The Morgan fingerprint density at radius 1 is 1.33 bits per heavy atom. The van der Waals surface area contributed by atoms with Gasteiger partial charge in [0.1, 0.15) is 5.75 Å². The Balaban J connectivity index is 1.73. The van der Waals surface area contributed by atoms with E-state index in [9.17, 15) is 0 Å². The molecule has 2 atom stereocenters. The van der Waals surface area contributed by atoms with Gasteiger partial charge in [-0.15, -0.1) is 11.8 Å². The Hall–Kier alpha value is -1.16. The maximum absolute atomic E-state index is 6.44. The van der Waals surface area contributed by atoms with E-state index in [2.05, 4.69) is 24.3 Å². The molecular weight excluding hydrogens is 302 g/mol. The molecular formula is C17H18ClNOS. The van der Waals surface area contributed by atoms with Crippen LogP contribution in [-0.2, 0) is 12.8 Å². The molecule has 3 rings (SSSR count). The van der Waals surface area contributed by atoms with Crippen molar-refractivity contribution in [1.82, 2.24) is 0 Å². The fraction of sp³-hybridized carbons (Fsp3) is 0.294. The average Bonchev–Trinajstić information content (AvgIpc) is 2.91. The van der Waals surface area contributed by atoms with Gasteiger partial charge >= 0.3 is 0 Å². The Kier molecular flexibility index (Phi) is 4.43. The summed E-state index contributed by atoms with van der Waals surface area (Å²) in [5.41, 5.74) is 8.93. The third-order valence-electron chi connectivity index (χ3n) is 3.85. The van der Waals surface area contributed by atoms with E-state index in [1.54, 1.807) is 7.11 Å². The lowest BCUT2D eigenvalue weighted by Gasteiger charge is -2.19. The fourth-order valence-corrected chi connectivity index (χ4v) is 4.25. The summed E-state index contributed by atoms with van der Waals surface area (Å²) in [5, 5.41) is 1.13. The Labute approximate surface area is 134 Å². The van der Waals surface area contributed by atoms with Gasteiger partial charge in [-0.3, -0.25) is 0 Å². The van der Waals surface area contributed by atoms with Crippen LogP contribution in [0.15, 0.2) is 47.4 Å². The Morgan fingerprint density at radius 3 is 2.90 bits per heavy atom. The van der Waals surface area contributed by atoms with Crippen molar-refractivity contribution in [3.8, 4) is 5.75 Å². The van der Waals surface area contributed by atoms with Crippen molar-refractivity contribution in [2.24, 2.45) is 5.73 Å². The van der Waals surface area contributed by atoms with Gasteiger partial charge in [0.2, 0.25) is 0 Å². The summed E-state index contributed by atoms with van der Waals surface area (Å²) < 4.78 is 5.40. The minimum absolute atomic E-state index is 0.0785. The van der Waals surface area contributed by atoms with Crippen molar-refractivity contribution in [3.63, 3.8) is 0 Å². The van der Waals surface area contributed by atoms with Gasteiger partial charge in [0, 0.05) is 21.2 Å². The number of halogens is 1. The standard InChI is InChI=1S/C17H18ClNOS/c1-20-15-7-6-13(18)8-12(15)9-14(19)17-10-11-4-2-3-5-16(11)21-17/h2-8,14,17H,9-10,19H2,1H3. The summed E-state index contributed by atoms with van der Waals surface area (Å²) in [7, 11) is 1.68. The zero-order valence-electron chi connectivity index (χ0n) is 11.9. The summed E-state index contributed by atoms with van der Waals surface area (Å²) >= 11 is 7.97. The smallest absolute Gasteiger partial charge is 0.122 e. The van der Waals surface area contributed by atoms with Crippen molar-refractivity contribution in [1.29, 1.82) is 0 Å². The van der Waals surface area contributed by atoms with Gasteiger partial charge < -0.3 is 10.5 Å². The zero-order chi connectivity index (χ0) is 14.8. The number of fused-ring (bicyclic) bond motifs is 1. The van der Waals surface area contributed by atoms with E-state index in [-0.39, 0.29) is 6.04 Å². The third-order valence-corrected chi connectivity index (χ3v) is 5.55. The SMILES string of the molecule is COc1ccc(Cl)cc1CC(N)C1Cc2ccccc2S1. The van der Waals surface area contributed by atoms with Crippen molar-refractivity contribution < 1.29 is 4.74 Å². The average molecular weight is 320 g/mol. The van der Waals surface area contributed by atoms with Crippen LogP contribution in [0.1, 0.15) is 11.1 Å². The number of hydrogen-bond acceptors (Lipinski definition) is 3. The van der Waals surface area contributed by atoms with Gasteiger partial charge in [-0.1, -0.05) is 29.8 Å². The number of ether oxygens (including phenoxy) is 1. The molecule has 2 nitrogen and oxygen atoms in total. The summed E-state index contributed by atoms with van der Waals surface area (Å²) in [6.07, 6.45) is 1.81. The number of hydrogen-bond donors (Lipinski definition) is 1. The van der Waals surface area contributed by atoms with E-state index in [0.29, 0.717) is 5.25 Å². The molecule has 0 saturated carbocycles. The molecule has 21 heavy (non-hydrogen) atoms. The molecule has 2 aromatic carbocycles. The topological polar surface area (TPSA) is 35.2 Å². The second-order valence-electron chi connectivity index (χ2n) is 5.29. The van der Waals surface area contributed by atoms with Crippen molar-refractivity contribution in [2.75, 3.05) is 7.11 Å². The van der Waals surface area contributed by atoms with E-state index >= 15 is 0 Å². The van der Waals surface area contributed by atoms with E-state index in [1.807, 2.05) is 30.0 Å². The molecule has 0 aromatic heterocycles. The van der Waals surface area contributed by atoms with Crippen LogP contribution in [-0.4, -0.2) is 18.4 Å². The minimum Gasteiger partial charge on any atom is -0.496 e. The number of methoxy groups -OCH3 is 1. The van der Waals surface area contributed by atoms with Gasteiger partial charge in [0.25, 0.3) is 0 Å². The molecule has 0 spiro atoms. The Bertz CT molecular complexity index is 621. The summed E-state index contributed by atoms with van der Waals surface area (Å²) in [6.45, 7) is 0. The highest BCUT2D eigenvalue weighted by atomic mass is 35.5. The van der Waals surface area contributed by atoms with Crippen LogP contribution in [0.2, 0.25) is 5.02 Å². The van der Waals surface area contributed by atoms with E-state index < -0.39 is 0 Å². The first-order valence-electron chi connectivity index (χ1n) is 7.00. The monoisotopic (exact) mass is 319 g/mol. The Morgan fingerprint density at radius 2 is 2.14 bits per heavy atom. The van der Waals surface area contributed by atoms with Crippen LogP contribution in [0.5, 0.6) is 5.75 Å². The van der Waals surface area contributed by atoms with Crippen LogP contribution in [0.4, 0.5) is 0 Å². The van der Waals surface area contributed by atoms with Crippen molar-refractivity contribution in [3.05, 3.63) is 58.6 Å². The first-order valence-corrected chi connectivity index (χ1v) is 8.25. The molecule has 0 amide bonds. The summed E-state index contributed by atoms with van der Waals surface area (Å²) in [4.78, 5) is 1.36. The highest BCUT2D eigenvalue weighted by Gasteiger charge is 2.27. The summed E-state index contributed by atoms with van der Waals surface area (Å²) in [6, 6.07) is 14.3. The number of benzene rings is 2. The van der Waals surface area contributed by atoms with Gasteiger partial charge in [-0.2, -0.15) is 0 Å². The maximum Gasteiger partial charge on any atom is 0.122 e. The molecule has 2 unspecified atom stereocenters. The molecule has 0 fully saturated rings. The minimum atomic E-state index is 0.0785. The highest BCUT2D eigenvalue weighted by molar-refractivity contribution is 8.00. The van der Waals surface area contributed by atoms with Crippen molar-refractivity contribution >= 4 is 23.4 Å². The lowest BCUT2D eigenvalue weighted by atomic mass is 9.99. The molecule has 4 heteroatoms. The lowest BCUT2D eigenvalue weighted by molar-refractivity contribution is 0.407. The van der Waals surface area contributed by atoms with Gasteiger partial charge in [-0.25, -0.2) is 0 Å². The molecule has 1 aliphatic heterocycles. The molecule has 1 aliphatic rings. The highest BCUT2D eigenvalue weighted by Crippen LogP contribution is 2.39. The third kappa shape index (κ3) is 3.20. The van der Waals surface area contributed by atoms with Crippen molar-refractivity contribution in [2.45, 2.75) is 29.0 Å². The lowest BCUT2D eigenvalue weighted by Crippen LogP contribution is -2.34. The van der Waals surface area contributed by atoms with Gasteiger partial charge in [0.05, 0.1) is 7.11 Å². The predicted octanol–water partition coefficient (Wildman–Crippen LogP) is 3.94. The fourth-order valence-electron chi connectivity index (χ4n) is 2.74. The van der Waals surface area contributed by atoms with Crippen LogP contribution < -0.4 is 10.5 Å². The maximum atomic E-state index is 6.44. The number of thioether (sulfide) groups is 1. The largest absolute Gasteiger partial charge is 0.496 e. The van der Waals surface area contributed by atoms with Crippen LogP contribution >= 0.6 is 23.4 Å². The zero-order valence-corrected chi connectivity index (χ0v) is 13.5. The van der Waals surface area contributed by atoms with E-state index in [1.165, 1.54) is 10.5 Å². The van der Waals surface area contributed by atoms with Gasteiger partial charge in [-0.05, 0) is 48.2 Å². The van der Waals surface area contributed by atoms with Gasteiger partial charge in [0.15, 0.2) is 0 Å². The molecule has 0 radical (unpaired) electrons. The molecule has 1 heterocycles. The van der Waals surface area contributed by atoms with Crippen LogP contribution in [0, 0.1) is 0 Å². The second kappa shape index (κ2) is 6.30. The second-order valence-corrected chi connectivity index (χ2v) is 7.01. The number of nitrogens with two attached hydrogens (primary N) is 1. The molecule has 2 aromatic rings. The molecule has 0 saturated heterocycles. The normalized spacial score (nSPS) is 18.3. The first-order chi connectivity index (χ1) is 10.2. The number of rotatable bonds is 4. The van der Waals surface area contributed by atoms with Crippen LogP contribution in [0.25, 0.3) is 0 Å². The molecule has 2 N–H and O–H groups in total. The van der Waals surface area contributed by atoms with Crippen LogP contribution in [0.3, 0.4) is 0 Å². The predicted molar refractivity (Wildman–Crippen MR) is 89.5 cm³/mol.